The number of halogens is 1. The summed E-state index contributed by atoms with van der Waals surface area (Å²) in [6, 6.07) is 33.4. The Morgan fingerprint density at radius 2 is 0.769 bits per heavy atom. The van der Waals surface area contributed by atoms with E-state index in [9.17, 15) is 4.79 Å². The van der Waals surface area contributed by atoms with E-state index in [1.54, 1.807) is 0 Å². The van der Waals surface area contributed by atoms with Gasteiger partial charge in [0.2, 0.25) is 0 Å². The van der Waals surface area contributed by atoms with Crippen molar-refractivity contribution in [2.24, 2.45) is 0 Å². The molecule has 4 heteroatoms. The van der Waals surface area contributed by atoms with Gasteiger partial charge >= 0.3 is 210 Å². The molecule has 0 fully saturated rings. The molecule has 3 rings (SSSR count). The molecule has 0 unspecified atom stereocenters. The van der Waals surface area contributed by atoms with Crippen LogP contribution in [0.5, 0.6) is 0 Å². The van der Waals surface area contributed by atoms with Gasteiger partial charge in [-0.25, -0.2) is 0 Å². The molecule has 0 saturated heterocycles. The van der Waals surface area contributed by atoms with Gasteiger partial charge in [-0.15, -0.1) is 0 Å². The van der Waals surface area contributed by atoms with Crippen molar-refractivity contribution in [3.05, 3.63) is 91.0 Å². The minimum absolute atomic E-state index is 0.326. The molecule has 0 aliphatic heterocycles. The van der Waals surface area contributed by atoms with Crippen LogP contribution in [0.2, 0.25) is 0 Å². The fourth-order valence-corrected chi connectivity index (χ4v) is 13.6. The normalized spacial score (nSPS) is 12.6. The summed E-state index contributed by atoms with van der Waals surface area (Å²) in [7, 11) is 0. The molecule has 0 atom stereocenters. The Morgan fingerprint density at radius 3 is 1.08 bits per heavy atom. The predicted molar refractivity (Wildman–Crippen MR) is 176 cm³/mol. The Morgan fingerprint density at radius 1 is 0.487 bits per heavy atom. The van der Waals surface area contributed by atoms with E-state index in [2.05, 4.69) is 106 Å². The summed E-state index contributed by atoms with van der Waals surface area (Å²) in [5.74, 6) is -0.663. The molecule has 2 nitrogen and oxygen atoms in total. The molecular weight excluding hydrogens is 563 g/mol. The van der Waals surface area contributed by atoms with Gasteiger partial charge in [0, 0.05) is 6.42 Å². The Kier molecular flexibility index (Phi) is 13.7. The maximum absolute atomic E-state index is 10.5. The fourth-order valence-electron chi connectivity index (χ4n) is 5.86. The standard InChI is InChI=1S/C35H48BrO2P/c36-39(32-24-16-13-17-25-32,33-26-18-14-19-27-33,34-28-20-15-21-29-34)31-23-12-10-8-6-4-2-1-3-5-7-9-11-22-30-35(37)38/h13-21,24-29H,1-12,22-23,30-31H2,(H,37,38). The second-order valence-corrected chi connectivity index (χ2v) is 20.1. The molecule has 0 aliphatic carbocycles. The van der Waals surface area contributed by atoms with Crippen LogP contribution >= 0.6 is 20.8 Å². The van der Waals surface area contributed by atoms with E-state index in [-0.39, 0.29) is 0 Å². The zero-order chi connectivity index (χ0) is 27.7. The van der Waals surface area contributed by atoms with Crippen molar-refractivity contribution in [1.82, 2.24) is 0 Å². The number of rotatable bonds is 20. The van der Waals surface area contributed by atoms with E-state index in [0.29, 0.717) is 6.42 Å². The monoisotopic (exact) mass is 610 g/mol. The third kappa shape index (κ3) is 9.29. The van der Waals surface area contributed by atoms with Crippen molar-refractivity contribution >= 4 is 42.7 Å². The number of unbranched alkanes of at least 4 members (excludes halogenated alkanes) is 13. The van der Waals surface area contributed by atoms with Crippen LogP contribution in [0.1, 0.15) is 96.3 Å². The molecule has 0 radical (unpaired) electrons. The summed E-state index contributed by atoms with van der Waals surface area (Å²) < 4.78 is 0. The molecule has 0 amide bonds. The molecule has 212 valence electrons. The second kappa shape index (κ2) is 17.0. The Labute approximate surface area is 245 Å². The molecule has 1 N–H and O–H groups in total. The second-order valence-electron chi connectivity index (χ2n) is 11.0. The average molecular weight is 612 g/mol. The molecule has 0 saturated carbocycles. The molecule has 0 aromatic heterocycles. The summed E-state index contributed by atoms with van der Waals surface area (Å²) in [5.41, 5.74) is 0. The van der Waals surface area contributed by atoms with Gasteiger partial charge in [-0.05, 0) is 6.42 Å². The number of carboxylic acids is 1. The summed E-state index contributed by atoms with van der Waals surface area (Å²) >= 11 is 4.57. The van der Waals surface area contributed by atoms with Gasteiger partial charge in [0.05, 0.1) is 0 Å². The topological polar surface area (TPSA) is 37.3 Å². The van der Waals surface area contributed by atoms with Crippen LogP contribution in [0.15, 0.2) is 91.0 Å². The van der Waals surface area contributed by atoms with E-state index >= 15 is 0 Å². The van der Waals surface area contributed by atoms with Gasteiger partial charge in [0.15, 0.2) is 0 Å². The van der Waals surface area contributed by atoms with Crippen LogP contribution in [0.4, 0.5) is 0 Å². The summed E-state index contributed by atoms with van der Waals surface area (Å²) in [5, 5.41) is 10.2. The van der Waals surface area contributed by atoms with Crippen molar-refractivity contribution in [3.63, 3.8) is 0 Å². The van der Waals surface area contributed by atoms with Gasteiger partial charge in [-0.3, -0.25) is 4.79 Å². The predicted octanol–water partition coefficient (Wildman–Crippen LogP) is 9.76. The van der Waals surface area contributed by atoms with E-state index in [1.165, 1.54) is 93.0 Å². The van der Waals surface area contributed by atoms with Gasteiger partial charge in [-0.2, -0.15) is 0 Å². The zero-order valence-electron chi connectivity index (χ0n) is 23.7. The van der Waals surface area contributed by atoms with Crippen molar-refractivity contribution < 1.29 is 9.90 Å². The van der Waals surface area contributed by atoms with Crippen molar-refractivity contribution in [1.29, 1.82) is 0 Å². The molecule has 0 bridgehead atoms. The van der Waals surface area contributed by atoms with Crippen molar-refractivity contribution in [3.8, 4) is 0 Å². The Hall–Kier alpha value is -1.96. The van der Waals surface area contributed by atoms with Crippen molar-refractivity contribution in [2.45, 2.75) is 96.3 Å². The molecule has 0 aliphatic rings. The van der Waals surface area contributed by atoms with E-state index in [1.807, 2.05) is 0 Å². The minimum atomic E-state index is -2.76. The van der Waals surface area contributed by atoms with Gasteiger partial charge in [0.1, 0.15) is 0 Å². The van der Waals surface area contributed by atoms with Crippen LogP contribution in [-0.4, -0.2) is 17.2 Å². The van der Waals surface area contributed by atoms with Crippen molar-refractivity contribution in [2.75, 3.05) is 6.16 Å². The van der Waals surface area contributed by atoms with Crippen LogP contribution in [-0.2, 0) is 4.79 Å². The SMILES string of the molecule is O=C(O)CCCCCCCCCCCCCCCCP(Br)(c1ccccc1)(c1ccccc1)c1ccccc1. The number of carbonyl (C=O) groups is 1. The first-order valence-corrected chi connectivity index (χ1v) is 19.6. The number of aliphatic carboxylic acids is 1. The third-order valence-corrected chi connectivity index (χ3v) is 18.1. The first-order chi connectivity index (χ1) is 19.1. The van der Waals surface area contributed by atoms with Gasteiger partial charge in [-0.1, -0.05) is 12.8 Å². The quantitative estimate of drug-likeness (QED) is 0.102. The van der Waals surface area contributed by atoms with E-state index < -0.39 is 11.3 Å². The third-order valence-electron chi connectivity index (χ3n) is 8.10. The molecule has 39 heavy (non-hydrogen) atoms. The maximum atomic E-state index is 10.5. The molecule has 3 aromatic carbocycles. The molecular formula is C35H48BrO2P. The summed E-state index contributed by atoms with van der Waals surface area (Å²) in [6.07, 6.45) is 19.0. The number of hydrogen-bond acceptors (Lipinski definition) is 1. The fraction of sp³-hybridized carbons (Fsp3) is 0.457. The van der Waals surface area contributed by atoms with Gasteiger partial charge < -0.3 is 5.11 Å². The number of carboxylic acid groups (broad SMARTS) is 1. The average Bonchev–Trinajstić information content (AvgIpc) is 2.98. The molecule has 3 aromatic rings. The van der Waals surface area contributed by atoms with Crippen LogP contribution in [0.3, 0.4) is 0 Å². The van der Waals surface area contributed by atoms with E-state index in [4.69, 9.17) is 5.11 Å². The van der Waals surface area contributed by atoms with Gasteiger partial charge in [0.25, 0.3) is 0 Å². The molecule has 0 spiro atoms. The zero-order valence-corrected chi connectivity index (χ0v) is 26.1. The van der Waals surface area contributed by atoms with Crippen LogP contribution in [0, 0.1) is 0 Å². The Bertz CT molecular complexity index is 972. The Balaban J connectivity index is 1.44. The number of benzene rings is 3. The summed E-state index contributed by atoms with van der Waals surface area (Å²) in [6.45, 7) is 0. The van der Waals surface area contributed by atoms with E-state index in [0.717, 1.165) is 19.0 Å². The number of hydrogen-bond donors (Lipinski definition) is 1. The first kappa shape index (κ1) is 31.6. The van der Waals surface area contributed by atoms with Crippen LogP contribution < -0.4 is 15.9 Å². The molecule has 0 heterocycles. The summed E-state index contributed by atoms with van der Waals surface area (Å²) in [4.78, 5) is 10.5. The van der Waals surface area contributed by atoms with Crippen LogP contribution in [0.25, 0.3) is 0 Å². The first-order valence-electron chi connectivity index (χ1n) is 15.2.